The summed E-state index contributed by atoms with van der Waals surface area (Å²) >= 11 is 0. The summed E-state index contributed by atoms with van der Waals surface area (Å²) in [7, 11) is 3.08. The number of rotatable bonds is 8. The molecule has 0 unspecified atom stereocenters. The smallest absolute Gasteiger partial charge is 0.323 e. The Kier molecular flexibility index (Phi) is 6.21. The maximum Gasteiger partial charge on any atom is 0.323 e. The fraction of sp³-hybridized carbons (Fsp3) is 0.667. The van der Waals surface area contributed by atoms with Gasteiger partial charge in [-0.1, -0.05) is 13.8 Å². The summed E-state index contributed by atoms with van der Waals surface area (Å²) in [5.41, 5.74) is 0. The average Bonchev–Trinajstić information content (AvgIpc) is 2.37. The van der Waals surface area contributed by atoms with Gasteiger partial charge in [0, 0.05) is 6.04 Å². The van der Waals surface area contributed by atoms with E-state index in [2.05, 4.69) is 29.1 Å². The predicted molar refractivity (Wildman–Crippen MR) is 68.4 cm³/mol. The number of ether oxygens (including phenoxy) is 3. The van der Waals surface area contributed by atoms with E-state index in [1.807, 2.05) is 0 Å². The van der Waals surface area contributed by atoms with Gasteiger partial charge in [-0.05, 0) is 13.0 Å². The zero-order chi connectivity index (χ0) is 13.4. The van der Waals surface area contributed by atoms with Crippen LogP contribution in [-0.2, 0) is 0 Å². The van der Waals surface area contributed by atoms with E-state index in [0.29, 0.717) is 24.4 Å². The quantitative estimate of drug-likeness (QED) is 0.705. The highest BCUT2D eigenvalue weighted by Gasteiger charge is 2.06. The van der Waals surface area contributed by atoms with E-state index in [0.717, 1.165) is 13.0 Å². The van der Waals surface area contributed by atoms with Crippen LogP contribution in [0, 0.1) is 0 Å². The van der Waals surface area contributed by atoms with E-state index in [-0.39, 0.29) is 6.01 Å². The highest BCUT2D eigenvalue weighted by molar-refractivity contribution is 5.22. The second-order valence-electron chi connectivity index (χ2n) is 4.05. The first-order valence-corrected chi connectivity index (χ1v) is 5.99. The summed E-state index contributed by atoms with van der Waals surface area (Å²) in [5.74, 6) is 0.856. The van der Waals surface area contributed by atoms with Crippen molar-refractivity contribution in [2.45, 2.75) is 26.3 Å². The molecule has 0 aliphatic heterocycles. The first-order valence-electron chi connectivity index (χ1n) is 5.99. The minimum Gasteiger partial charge on any atom is -0.481 e. The Morgan fingerprint density at radius 3 is 2.28 bits per heavy atom. The van der Waals surface area contributed by atoms with Gasteiger partial charge in [-0.25, -0.2) is 0 Å². The predicted octanol–water partition coefficient (Wildman–Crippen LogP) is 1.26. The third-order valence-electron chi connectivity index (χ3n) is 2.18. The van der Waals surface area contributed by atoms with Crippen LogP contribution in [0.2, 0.25) is 0 Å². The highest BCUT2D eigenvalue weighted by atomic mass is 16.5. The molecule has 6 heteroatoms. The van der Waals surface area contributed by atoms with Gasteiger partial charge in [0.2, 0.25) is 11.8 Å². The monoisotopic (exact) mass is 255 g/mol. The summed E-state index contributed by atoms with van der Waals surface area (Å²) in [6.07, 6.45) is 0.890. The van der Waals surface area contributed by atoms with Crippen LogP contribution in [0.25, 0.3) is 0 Å². The fourth-order valence-corrected chi connectivity index (χ4v) is 1.28. The summed E-state index contributed by atoms with van der Waals surface area (Å²) in [5, 5.41) is 3.31. The van der Waals surface area contributed by atoms with Crippen molar-refractivity contribution >= 4 is 0 Å². The van der Waals surface area contributed by atoms with Gasteiger partial charge in [-0.15, -0.1) is 0 Å². The second-order valence-corrected chi connectivity index (χ2v) is 4.05. The van der Waals surface area contributed by atoms with Crippen molar-refractivity contribution in [3.63, 3.8) is 0 Å². The number of hydrogen-bond donors (Lipinski definition) is 1. The molecule has 6 nitrogen and oxygen atoms in total. The second kappa shape index (κ2) is 7.71. The van der Waals surface area contributed by atoms with Crippen LogP contribution in [0.3, 0.4) is 0 Å². The lowest BCUT2D eigenvalue weighted by atomic mass is 10.3. The van der Waals surface area contributed by atoms with Crippen molar-refractivity contribution in [3.05, 3.63) is 6.07 Å². The molecule has 102 valence electrons. The van der Waals surface area contributed by atoms with E-state index in [1.165, 1.54) is 14.2 Å². The Balaban J connectivity index is 2.41. The van der Waals surface area contributed by atoms with Crippen LogP contribution in [0.15, 0.2) is 6.07 Å². The van der Waals surface area contributed by atoms with E-state index in [9.17, 15) is 0 Å². The molecule has 1 aromatic rings. The molecule has 0 aliphatic rings. The topological polar surface area (TPSA) is 65.5 Å². The summed E-state index contributed by atoms with van der Waals surface area (Å²) in [4.78, 5) is 8.15. The zero-order valence-corrected chi connectivity index (χ0v) is 11.4. The first-order chi connectivity index (χ1) is 8.65. The third-order valence-corrected chi connectivity index (χ3v) is 2.18. The van der Waals surface area contributed by atoms with Crippen LogP contribution < -0.4 is 19.5 Å². The van der Waals surface area contributed by atoms with Crippen LogP contribution in [-0.4, -0.2) is 43.4 Å². The summed E-state index contributed by atoms with van der Waals surface area (Å²) in [6.45, 7) is 5.67. The van der Waals surface area contributed by atoms with Crippen molar-refractivity contribution in [2.24, 2.45) is 0 Å². The van der Waals surface area contributed by atoms with Crippen molar-refractivity contribution in [3.8, 4) is 17.8 Å². The molecule has 0 saturated heterocycles. The molecule has 0 amide bonds. The maximum absolute atomic E-state index is 5.45. The maximum atomic E-state index is 5.45. The molecular weight excluding hydrogens is 234 g/mol. The SMILES string of the molecule is COc1cc(OC)nc(OCCCNC(C)C)n1. The first kappa shape index (κ1) is 14.5. The van der Waals surface area contributed by atoms with Gasteiger partial charge in [-0.2, -0.15) is 9.97 Å². The molecule has 0 atom stereocenters. The summed E-state index contributed by atoms with van der Waals surface area (Å²) in [6, 6.07) is 2.36. The minimum atomic E-state index is 0.274. The van der Waals surface area contributed by atoms with E-state index in [4.69, 9.17) is 14.2 Å². The molecule has 1 heterocycles. The lowest BCUT2D eigenvalue weighted by Gasteiger charge is -2.09. The molecule has 0 bridgehead atoms. The number of hydrogen-bond acceptors (Lipinski definition) is 6. The molecule has 0 spiro atoms. The van der Waals surface area contributed by atoms with E-state index >= 15 is 0 Å². The Morgan fingerprint density at radius 1 is 1.17 bits per heavy atom. The van der Waals surface area contributed by atoms with Crippen LogP contribution >= 0.6 is 0 Å². The molecule has 1 N–H and O–H groups in total. The zero-order valence-electron chi connectivity index (χ0n) is 11.4. The number of methoxy groups -OCH3 is 2. The Morgan fingerprint density at radius 2 is 1.78 bits per heavy atom. The molecule has 0 aromatic carbocycles. The largest absolute Gasteiger partial charge is 0.481 e. The van der Waals surface area contributed by atoms with Crippen LogP contribution in [0.4, 0.5) is 0 Å². The van der Waals surface area contributed by atoms with Gasteiger partial charge < -0.3 is 19.5 Å². The highest BCUT2D eigenvalue weighted by Crippen LogP contribution is 2.18. The van der Waals surface area contributed by atoms with Gasteiger partial charge in [0.15, 0.2) is 0 Å². The number of nitrogens with zero attached hydrogens (tertiary/aromatic N) is 2. The molecular formula is C12H21N3O3. The van der Waals surface area contributed by atoms with Crippen LogP contribution in [0.5, 0.6) is 17.8 Å². The fourth-order valence-electron chi connectivity index (χ4n) is 1.28. The molecule has 1 rings (SSSR count). The molecule has 0 fully saturated rings. The molecule has 0 radical (unpaired) electrons. The molecule has 18 heavy (non-hydrogen) atoms. The molecule has 1 aromatic heterocycles. The average molecular weight is 255 g/mol. The van der Waals surface area contributed by atoms with Gasteiger partial charge >= 0.3 is 6.01 Å². The van der Waals surface area contributed by atoms with Crippen molar-refractivity contribution < 1.29 is 14.2 Å². The normalized spacial score (nSPS) is 10.5. The van der Waals surface area contributed by atoms with Crippen molar-refractivity contribution in [1.82, 2.24) is 15.3 Å². The van der Waals surface area contributed by atoms with Crippen molar-refractivity contribution in [2.75, 3.05) is 27.4 Å². The standard InChI is InChI=1S/C12H21N3O3/c1-9(2)13-6-5-7-18-12-14-10(16-3)8-11(15-12)17-4/h8-9,13H,5-7H2,1-4H3. The summed E-state index contributed by atoms with van der Waals surface area (Å²) < 4.78 is 15.5. The Labute approximate surface area is 108 Å². The Bertz CT molecular complexity index is 336. The van der Waals surface area contributed by atoms with E-state index in [1.54, 1.807) is 6.07 Å². The molecule has 0 aliphatic carbocycles. The van der Waals surface area contributed by atoms with Crippen LogP contribution in [0.1, 0.15) is 20.3 Å². The van der Waals surface area contributed by atoms with E-state index < -0.39 is 0 Å². The lowest BCUT2D eigenvalue weighted by molar-refractivity contribution is 0.269. The third kappa shape index (κ3) is 5.18. The number of nitrogens with one attached hydrogen (secondary N) is 1. The minimum absolute atomic E-state index is 0.274. The van der Waals surface area contributed by atoms with Gasteiger partial charge in [0.05, 0.1) is 26.9 Å². The lowest BCUT2D eigenvalue weighted by Crippen LogP contribution is -2.24. The Hall–Kier alpha value is -1.56. The number of aromatic nitrogens is 2. The molecule has 0 saturated carbocycles. The van der Waals surface area contributed by atoms with Gasteiger partial charge in [0.1, 0.15) is 0 Å². The van der Waals surface area contributed by atoms with Crippen molar-refractivity contribution in [1.29, 1.82) is 0 Å². The van der Waals surface area contributed by atoms with Gasteiger partial charge in [0.25, 0.3) is 0 Å². The van der Waals surface area contributed by atoms with Gasteiger partial charge in [-0.3, -0.25) is 0 Å².